The molecule has 22 heavy (non-hydrogen) atoms. The third kappa shape index (κ3) is 4.60. The first-order valence-corrected chi connectivity index (χ1v) is 7.92. The van der Waals surface area contributed by atoms with Crippen LogP contribution in [0.4, 0.5) is 5.69 Å². The molecule has 0 spiro atoms. The van der Waals surface area contributed by atoms with E-state index in [9.17, 15) is 4.79 Å². The molecule has 1 aliphatic heterocycles. The van der Waals surface area contributed by atoms with Crippen molar-refractivity contribution in [2.75, 3.05) is 52.2 Å². The Labute approximate surface area is 137 Å². The first-order chi connectivity index (χ1) is 10.5. The summed E-state index contributed by atoms with van der Waals surface area (Å²) < 4.78 is 5.27. The number of nitrogens with one attached hydrogen (secondary N) is 1. The van der Waals surface area contributed by atoms with E-state index in [2.05, 4.69) is 22.2 Å². The van der Waals surface area contributed by atoms with E-state index in [0.29, 0.717) is 22.9 Å². The fourth-order valence-corrected chi connectivity index (χ4v) is 2.63. The van der Waals surface area contributed by atoms with Gasteiger partial charge in [-0.3, -0.25) is 4.79 Å². The minimum atomic E-state index is -0.000972. The maximum absolute atomic E-state index is 12.1. The van der Waals surface area contributed by atoms with Crippen molar-refractivity contribution in [2.24, 2.45) is 0 Å². The Bertz CT molecular complexity index is 528. The molecule has 2 rings (SSSR count). The van der Waals surface area contributed by atoms with Crippen LogP contribution in [-0.2, 0) is 4.79 Å². The predicted octanol–water partition coefficient (Wildman–Crippen LogP) is 2.23. The number of methoxy groups -OCH3 is 1. The summed E-state index contributed by atoms with van der Waals surface area (Å²) in [6.07, 6.45) is 0.481. The molecular formula is C16H24ClN3O2. The van der Waals surface area contributed by atoms with Gasteiger partial charge < -0.3 is 19.9 Å². The molecule has 6 heteroatoms. The Morgan fingerprint density at radius 1 is 1.32 bits per heavy atom. The largest absolute Gasteiger partial charge is 0.495 e. The van der Waals surface area contributed by atoms with Crippen LogP contribution in [0.2, 0.25) is 5.02 Å². The zero-order chi connectivity index (χ0) is 16.1. The first kappa shape index (κ1) is 17.1. The average Bonchev–Trinajstić information content (AvgIpc) is 2.50. The molecule has 1 aromatic rings. The SMILES string of the molecule is COc1cc(Cl)c(C)cc1NC(=O)CCN1CCN(C)CC1. The second-order valence-electron chi connectivity index (χ2n) is 5.74. The lowest BCUT2D eigenvalue weighted by molar-refractivity contribution is -0.116. The monoisotopic (exact) mass is 325 g/mol. The van der Waals surface area contributed by atoms with Gasteiger partial charge in [0.15, 0.2) is 0 Å². The molecule has 1 N–H and O–H groups in total. The third-order valence-electron chi connectivity index (χ3n) is 4.01. The molecule has 122 valence electrons. The number of carbonyl (C=O) groups is 1. The van der Waals surface area contributed by atoms with E-state index in [1.165, 1.54) is 0 Å². The van der Waals surface area contributed by atoms with Crippen molar-refractivity contribution in [3.8, 4) is 5.75 Å². The van der Waals surface area contributed by atoms with E-state index in [1.54, 1.807) is 13.2 Å². The predicted molar refractivity (Wildman–Crippen MR) is 89.9 cm³/mol. The van der Waals surface area contributed by atoms with Crippen LogP contribution in [0.3, 0.4) is 0 Å². The lowest BCUT2D eigenvalue weighted by atomic mass is 10.2. The first-order valence-electron chi connectivity index (χ1n) is 7.54. The van der Waals surface area contributed by atoms with Gasteiger partial charge in [0.1, 0.15) is 5.75 Å². The van der Waals surface area contributed by atoms with E-state index < -0.39 is 0 Å². The molecule has 0 radical (unpaired) electrons. The second-order valence-corrected chi connectivity index (χ2v) is 6.15. The minimum absolute atomic E-state index is 0.000972. The summed E-state index contributed by atoms with van der Waals surface area (Å²) in [5, 5.41) is 3.55. The summed E-state index contributed by atoms with van der Waals surface area (Å²) in [4.78, 5) is 16.8. The molecule has 0 unspecified atom stereocenters. The van der Waals surface area contributed by atoms with Crippen LogP contribution in [0.1, 0.15) is 12.0 Å². The summed E-state index contributed by atoms with van der Waals surface area (Å²) in [5.74, 6) is 0.586. The van der Waals surface area contributed by atoms with Crippen molar-refractivity contribution in [2.45, 2.75) is 13.3 Å². The van der Waals surface area contributed by atoms with Crippen molar-refractivity contribution < 1.29 is 9.53 Å². The van der Waals surface area contributed by atoms with Crippen molar-refractivity contribution in [3.05, 3.63) is 22.7 Å². The van der Waals surface area contributed by atoms with Gasteiger partial charge in [0.25, 0.3) is 0 Å². The van der Waals surface area contributed by atoms with Crippen LogP contribution in [-0.4, -0.2) is 62.6 Å². The smallest absolute Gasteiger partial charge is 0.225 e. The Balaban J connectivity index is 1.88. The summed E-state index contributed by atoms with van der Waals surface area (Å²) in [5.41, 5.74) is 1.59. The van der Waals surface area contributed by atoms with Crippen LogP contribution >= 0.6 is 11.6 Å². The van der Waals surface area contributed by atoms with Crippen molar-refractivity contribution in [3.63, 3.8) is 0 Å². The summed E-state index contributed by atoms with van der Waals surface area (Å²) >= 11 is 6.07. The van der Waals surface area contributed by atoms with E-state index in [1.807, 2.05) is 13.0 Å². The lowest BCUT2D eigenvalue weighted by Gasteiger charge is -2.32. The molecule has 5 nitrogen and oxygen atoms in total. The quantitative estimate of drug-likeness (QED) is 0.901. The van der Waals surface area contributed by atoms with Gasteiger partial charge in [-0.05, 0) is 25.6 Å². The number of aryl methyl sites for hydroxylation is 1. The fourth-order valence-electron chi connectivity index (χ4n) is 2.47. The highest BCUT2D eigenvalue weighted by molar-refractivity contribution is 6.31. The van der Waals surface area contributed by atoms with Crippen molar-refractivity contribution in [1.29, 1.82) is 0 Å². The zero-order valence-electron chi connectivity index (χ0n) is 13.5. The number of piperazine rings is 1. The number of nitrogens with zero attached hydrogens (tertiary/aromatic N) is 2. The molecule has 0 aromatic heterocycles. The van der Waals surface area contributed by atoms with Gasteiger partial charge in [0.2, 0.25) is 5.91 Å². The highest BCUT2D eigenvalue weighted by Crippen LogP contribution is 2.30. The molecule has 1 aromatic carbocycles. The van der Waals surface area contributed by atoms with Crippen molar-refractivity contribution >= 4 is 23.2 Å². The Morgan fingerprint density at radius 2 is 2.00 bits per heavy atom. The number of benzene rings is 1. The number of hydrogen-bond donors (Lipinski definition) is 1. The average molecular weight is 326 g/mol. The van der Waals surface area contributed by atoms with E-state index in [0.717, 1.165) is 38.3 Å². The zero-order valence-corrected chi connectivity index (χ0v) is 14.2. The molecule has 0 saturated carbocycles. The molecule has 1 fully saturated rings. The van der Waals surface area contributed by atoms with Crippen LogP contribution in [0.5, 0.6) is 5.75 Å². The third-order valence-corrected chi connectivity index (χ3v) is 4.41. The van der Waals surface area contributed by atoms with Gasteiger partial charge in [0.05, 0.1) is 12.8 Å². The highest BCUT2D eigenvalue weighted by atomic mass is 35.5. The van der Waals surface area contributed by atoms with Crippen LogP contribution in [0.25, 0.3) is 0 Å². The van der Waals surface area contributed by atoms with Gasteiger partial charge in [-0.1, -0.05) is 11.6 Å². The number of likely N-dealkylation sites (N-methyl/N-ethyl adjacent to an activating group) is 1. The number of carbonyl (C=O) groups excluding carboxylic acids is 1. The van der Waals surface area contributed by atoms with Crippen LogP contribution in [0, 0.1) is 6.92 Å². The fraction of sp³-hybridized carbons (Fsp3) is 0.562. The number of amides is 1. The second kappa shape index (κ2) is 7.81. The van der Waals surface area contributed by atoms with Gasteiger partial charge in [-0.15, -0.1) is 0 Å². The molecule has 0 bridgehead atoms. The summed E-state index contributed by atoms with van der Waals surface area (Å²) in [6.45, 7) is 6.86. The van der Waals surface area contributed by atoms with Gasteiger partial charge in [-0.2, -0.15) is 0 Å². The maximum atomic E-state index is 12.1. The van der Waals surface area contributed by atoms with Gasteiger partial charge in [-0.25, -0.2) is 0 Å². The number of ether oxygens (including phenoxy) is 1. The Hall–Kier alpha value is -1.30. The summed E-state index contributed by atoms with van der Waals surface area (Å²) in [7, 11) is 3.69. The van der Waals surface area contributed by atoms with Crippen LogP contribution in [0.15, 0.2) is 12.1 Å². The number of hydrogen-bond acceptors (Lipinski definition) is 4. The lowest BCUT2D eigenvalue weighted by Crippen LogP contribution is -2.45. The Morgan fingerprint density at radius 3 is 2.64 bits per heavy atom. The number of anilines is 1. The molecule has 1 aliphatic rings. The maximum Gasteiger partial charge on any atom is 0.225 e. The van der Waals surface area contributed by atoms with E-state index >= 15 is 0 Å². The molecular weight excluding hydrogens is 302 g/mol. The molecule has 0 atom stereocenters. The number of rotatable bonds is 5. The normalized spacial score (nSPS) is 16.5. The molecule has 0 aliphatic carbocycles. The van der Waals surface area contributed by atoms with E-state index in [-0.39, 0.29) is 5.91 Å². The highest BCUT2D eigenvalue weighted by Gasteiger charge is 2.15. The summed E-state index contributed by atoms with van der Waals surface area (Å²) in [6, 6.07) is 3.57. The topological polar surface area (TPSA) is 44.8 Å². The van der Waals surface area contributed by atoms with Crippen molar-refractivity contribution in [1.82, 2.24) is 9.80 Å². The standard InChI is InChI=1S/C16H24ClN3O2/c1-12-10-14(15(22-3)11-13(12)17)18-16(21)4-5-20-8-6-19(2)7-9-20/h10-11H,4-9H2,1-3H3,(H,18,21). The molecule has 1 heterocycles. The minimum Gasteiger partial charge on any atom is -0.495 e. The number of halogens is 1. The Kier molecular flexibility index (Phi) is 6.06. The molecule has 1 amide bonds. The van der Waals surface area contributed by atoms with E-state index in [4.69, 9.17) is 16.3 Å². The molecule has 1 saturated heterocycles. The van der Waals surface area contributed by atoms with Gasteiger partial charge in [0, 0.05) is 50.2 Å². The van der Waals surface area contributed by atoms with Crippen LogP contribution < -0.4 is 10.1 Å². The van der Waals surface area contributed by atoms with Gasteiger partial charge >= 0.3 is 0 Å².